The van der Waals surface area contributed by atoms with E-state index in [1.165, 1.54) is 0 Å². The zero-order valence-corrected chi connectivity index (χ0v) is 18.5. The first-order valence-electron chi connectivity index (χ1n) is 10.0. The lowest BCUT2D eigenvalue weighted by Gasteiger charge is -2.33. The molecule has 1 aliphatic heterocycles. The molecule has 0 aliphatic carbocycles. The predicted octanol–water partition coefficient (Wildman–Crippen LogP) is 1.76. The third kappa shape index (κ3) is 5.78. The average Bonchev–Trinajstić information content (AvgIpc) is 2.71. The lowest BCUT2D eigenvalue weighted by atomic mass is 10.1. The van der Waals surface area contributed by atoms with E-state index in [9.17, 15) is 13.2 Å². The molecule has 2 heterocycles. The molecule has 0 atom stereocenters. The third-order valence-electron chi connectivity index (χ3n) is 5.29. The van der Waals surface area contributed by atoms with E-state index in [0.717, 1.165) is 43.1 Å². The number of hydrogen-bond donors (Lipinski definition) is 2. The van der Waals surface area contributed by atoms with Crippen LogP contribution in [0.2, 0.25) is 0 Å². The molecule has 30 heavy (non-hydrogen) atoms. The molecule has 0 radical (unpaired) electrons. The van der Waals surface area contributed by atoms with Crippen LogP contribution in [0, 0.1) is 13.8 Å². The van der Waals surface area contributed by atoms with Crippen LogP contribution in [0.1, 0.15) is 17.5 Å². The monoisotopic (exact) mass is 431 g/mol. The molecular formula is C21H29N5O3S. The van der Waals surface area contributed by atoms with Crippen LogP contribution in [0.15, 0.2) is 41.4 Å². The van der Waals surface area contributed by atoms with E-state index in [0.29, 0.717) is 5.69 Å². The summed E-state index contributed by atoms with van der Waals surface area (Å²) in [7, 11) is -1.54. The quantitative estimate of drug-likeness (QED) is 0.694. The zero-order valence-electron chi connectivity index (χ0n) is 17.7. The van der Waals surface area contributed by atoms with Crippen molar-refractivity contribution >= 4 is 27.4 Å². The fourth-order valence-electron chi connectivity index (χ4n) is 3.17. The molecule has 162 valence electrons. The van der Waals surface area contributed by atoms with Crippen molar-refractivity contribution in [1.82, 2.24) is 14.6 Å². The summed E-state index contributed by atoms with van der Waals surface area (Å²) in [5.41, 5.74) is 2.53. The number of nitrogens with zero attached hydrogens (tertiary/aromatic N) is 3. The van der Waals surface area contributed by atoms with Gasteiger partial charge in [-0.2, -0.15) is 0 Å². The average molecular weight is 432 g/mol. The predicted molar refractivity (Wildman–Crippen MR) is 118 cm³/mol. The second kappa shape index (κ2) is 9.55. The molecule has 0 saturated carbocycles. The van der Waals surface area contributed by atoms with E-state index in [2.05, 4.69) is 31.9 Å². The Hall–Kier alpha value is -2.49. The molecule has 1 fully saturated rings. The minimum atomic E-state index is -3.64. The molecule has 8 nitrogen and oxygen atoms in total. The van der Waals surface area contributed by atoms with Gasteiger partial charge in [-0.25, -0.2) is 18.1 Å². The highest BCUT2D eigenvalue weighted by Crippen LogP contribution is 2.16. The molecule has 0 spiro atoms. The molecular weight excluding hydrogens is 402 g/mol. The van der Waals surface area contributed by atoms with Gasteiger partial charge in [0.2, 0.25) is 15.9 Å². The number of rotatable bonds is 7. The standard InChI is InChI=1S/C21H29N5O3S/c1-16-4-6-19(14-17(16)2)30(28,29)23-9-8-21(27)24-18-5-7-20(22-15-18)26-12-10-25(3)11-13-26/h4-7,14-15,23H,8-13H2,1-3H3,(H,24,27). The molecule has 0 unspecified atom stereocenters. The summed E-state index contributed by atoms with van der Waals surface area (Å²) in [4.78, 5) is 21.3. The van der Waals surface area contributed by atoms with Crippen molar-refractivity contribution in [2.45, 2.75) is 25.2 Å². The van der Waals surface area contributed by atoms with Gasteiger partial charge in [0.1, 0.15) is 5.82 Å². The molecule has 2 N–H and O–H groups in total. The maximum atomic E-state index is 12.4. The van der Waals surface area contributed by atoms with Crippen LogP contribution in [-0.2, 0) is 14.8 Å². The second-order valence-electron chi connectivity index (χ2n) is 7.64. The largest absolute Gasteiger partial charge is 0.354 e. The van der Waals surface area contributed by atoms with Gasteiger partial charge in [0.25, 0.3) is 0 Å². The SMILES string of the molecule is Cc1ccc(S(=O)(=O)NCCC(=O)Nc2ccc(N3CCN(C)CC3)nc2)cc1C. The number of hydrogen-bond acceptors (Lipinski definition) is 6. The summed E-state index contributed by atoms with van der Waals surface area (Å²) >= 11 is 0. The Bertz CT molecular complexity index is 984. The number of pyridine rings is 1. The van der Waals surface area contributed by atoms with Gasteiger partial charge in [-0.1, -0.05) is 6.07 Å². The Kier molecular flexibility index (Phi) is 7.06. The van der Waals surface area contributed by atoms with Gasteiger partial charge in [0.05, 0.1) is 16.8 Å². The van der Waals surface area contributed by atoms with E-state index in [4.69, 9.17) is 0 Å². The molecule has 0 bridgehead atoms. The van der Waals surface area contributed by atoms with Gasteiger partial charge < -0.3 is 15.1 Å². The summed E-state index contributed by atoms with van der Waals surface area (Å²) < 4.78 is 27.2. The number of anilines is 2. The summed E-state index contributed by atoms with van der Waals surface area (Å²) in [6.07, 6.45) is 1.66. The third-order valence-corrected chi connectivity index (χ3v) is 6.75. The van der Waals surface area contributed by atoms with Crippen LogP contribution in [0.25, 0.3) is 0 Å². The van der Waals surface area contributed by atoms with Crippen LogP contribution < -0.4 is 14.9 Å². The topological polar surface area (TPSA) is 94.6 Å². The van der Waals surface area contributed by atoms with Gasteiger partial charge in [-0.05, 0) is 56.3 Å². The van der Waals surface area contributed by atoms with Crippen LogP contribution in [-0.4, -0.2) is 64.0 Å². The molecule has 1 amide bonds. The fraction of sp³-hybridized carbons (Fsp3) is 0.429. The van der Waals surface area contributed by atoms with Crippen molar-refractivity contribution < 1.29 is 13.2 Å². The maximum absolute atomic E-state index is 12.4. The van der Waals surface area contributed by atoms with E-state index < -0.39 is 10.0 Å². The highest BCUT2D eigenvalue weighted by atomic mass is 32.2. The van der Waals surface area contributed by atoms with E-state index in [1.54, 1.807) is 24.4 Å². The van der Waals surface area contributed by atoms with Gasteiger partial charge in [-0.15, -0.1) is 0 Å². The number of sulfonamides is 1. The van der Waals surface area contributed by atoms with Crippen molar-refractivity contribution in [1.29, 1.82) is 0 Å². The number of carbonyl (C=O) groups is 1. The summed E-state index contributed by atoms with van der Waals surface area (Å²) in [6.45, 7) is 7.66. The Morgan fingerprint density at radius 3 is 2.43 bits per heavy atom. The van der Waals surface area contributed by atoms with Crippen LogP contribution in [0.3, 0.4) is 0 Å². The second-order valence-corrected chi connectivity index (χ2v) is 9.40. The molecule has 3 rings (SSSR count). The minimum Gasteiger partial charge on any atom is -0.354 e. The van der Waals surface area contributed by atoms with Crippen LogP contribution in [0.4, 0.5) is 11.5 Å². The number of benzene rings is 1. The smallest absolute Gasteiger partial charge is 0.240 e. The summed E-state index contributed by atoms with van der Waals surface area (Å²) in [5.74, 6) is 0.620. The van der Waals surface area contributed by atoms with Crippen molar-refractivity contribution in [3.63, 3.8) is 0 Å². The number of amides is 1. The maximum Gasteiger partial charge on any atom is 0.240 e. The number of piperazine rings is 1. The normalized spacial score (nSPS) is 15.2. The van der Waals surface area contributed by atoms with E-state index >= 15 is 0 Å². The van der Waals surface area contributed by atoms with Crippen LogP contribution >= 0.6 is 0 Å². The van der Waals surface area contributed by atoms with E-state index in [1.807, 2.05) is 26.0 Å². The van der Waals surface area contributed by atoms with Gasteiger partial charge >= 0.3 is 0 Å². The van der Waals surface area contributed by atoms with E-state index in [-0.39, 0.29) is 23.8 Å². The Labute approximate surface area is 178 Å². The minimum absolute atomic E-state index is 0.0217. The van der Waals surface area contributed by atoms with Crippen molar-refractivity contribution in [2.75, 3.05) is 50.0 Å². The van der Waals surface area contributed by atoms with Crippen molar-refractivity contribution in [3.05, 3.63) is 47.7 Å². The van der Waals surface area contributed by atoms with Crippen molar-refractivity contribution in [2.24, 2.45) is 0 Å². The number of aryl methyl sites for hydroxylation is 2. The van der Waals surface area contributed by atoms with Crippen molar-refractivity contribution in [3.8, 4) is 0 Å². The Morgan fingerprint density at radius 2 is 1.80 bits per heavy atom. The first-order chi connectivity index (χ1) is 14.2. The lowest BCUT2D eigenvalue weighted by Crippen LogP contribution is -2.44. The highest BCUT2D eigenvalue weighted by Gasteiger charge is 2.16. The zero-order chi connectivity index (χ0) is 21.7. The molecule has 1 saturated heterocycles. The molecule has 9 heteroatoms. The van der Waals surface area contributed by atoms with Crippen LogP contribution in [0.5, 0.6) is 0 Å². The number of carbonyl (C=O) groups excluding carboxylic acids is 1. The fourth-order valence-corrected chi connectivity index (χ4v) is 4.29. The molecule has 1 aromatic carbocycles. The number of likely N-dealkylation sites (N-methyl/N-ethyl adjacent to an activating group) is 1. The van der Waals surface area contributed by atoms with Gasteiger partial charge in [-0.3, -0.25) is 4.79 Å². The lowest BCUT2D eigenvalue weighted by molar-refractivity contribution is -0.116. The Morgan fingerprint density at radius 1 is 1.07 bits per heavy atom. The molecule has 1 aromatic heterocycles. The number of aromatic nitrogens is 1. The first-order valence-corrected chi connectivity index (χ1v) is 11.5. The highest BCUT2D eigenvalue weighted by molar-refractivity contribution is 7.89. The first kappa shape index (κ1) is 22.2. The van der Waals surface area contributed by atoms with Gasteiger partial charge in [0, 0.05) is 39.1 Å². The molecule has 2 aromatic rings. The Balaban J connectivity index is 1.48. The summed E-state index contributed by atoms with van der Waals surface area (Å²) in [5, 5.41) is 2.76. The molecule has 1 aliphatic rings. The van der Waals surface area contributed by atoms with Gasteiger partial charge in [0.15, 0.2) is 0 Å². The number of nitrogens with one attached hydrogen (secondary N) is 2. The summed E-state index contributed by atoms with van der Waals surface area (Å²) in [6, 6.07) is 8.68.